The minimum atomic E-state index is 0.667. The van der Waals surface area contributed by atoms with Crippen LogP contribution in [0, 0.1) is 13.8 Å². The highest BCUT2D eigenvalue weighted by Crippen LogP contribution is 2.31. The molecule has 0 N–H and O–H groups in total. The monoisotopic (exact) mass is 343 g/mol. The first-order chi connectivity index (χ1) is 11.7. The molecule has 3 aromatic rings. The Kier molecular flexibility index (Phi) is 3.86. The number of rotatable bonds is 2. The van der Waals surface area contributed by atoms with Crippen LogP contribution in [0.5, 0.6) is 0 Å². The van der Waals surface area contributed by atoms with Gasteiger partial charge in [-0.3, -0.25) is 0 Å². The second-order valence-electron chi connectivity index (χ2n) is 5.88. The van der Waals surface area contributed by atoms with Gasteiger partial charge in [-0.1, -0.05) is 23.7 Å². The van der Waals surface area contributed by atoms with Crippen molar-refractivity contribution < 1.29 is 4.74 Å². The highest BCUT2D eigenvalue weighted by atomic mass is 35.5. The average Bonchev–Trinajstić information content (AvgIpc) is 2.95. The van der Waals surface area contributed by atoms with E-state index in [4.69, 9.17) is 21.4 Å². The minimum absolute atomic E-state index is 0.667. The van der Waals surface area contributed by atoms with Gasteiger partial charge in [0.1, 0.15) is 5.52 Å². The third-order valence-electron chi connectivity index (χ3n) is 4.38. The molecule has 0 aliphatic carbocycles. The van der Waals surface area contributed by atoms with Gasteiger partial charge in [0, 0.05) is 13.1 Å². The van der Waals surface area contributed by atoms with E-state index in [1.54, 1.807) is 0 Å². The molecule has 4 rings (SSSR count). The number of hydrogen-bond acceptors (Lipinski definition) is 5. The number of aromatic nitrogens is 4. The summed E-state index contributed by atoms with van der Waals surface area (Å²) in [5, 5.41) is 15.3. The van der Waals surface area contributed by atoms with Crippen LogP contribution in [0.15, 0.2) is 24.3 Å². The van der Waals surface area contributed by atoms with E-state index in [-0.39, 0.29) is 0 Å². The van der Waals surface area contributed by atoms with Crippen molar-refractivity contribution in [3.8, 4) is 5.69 Å². The number of nitrogens with zero attached hydrogens (tertiary/aromatic N) is 5. The molecule has 0 bridgehead atoms. The van der Waals surface area contributed by atoms with Gasteiger partial charge in [0.05, 0.1) is 40.7 Å². The summed E-state index contributed by atoms with van der Waals surface area (Å²) in [4.78, 5) is 2.18. The molecule has 1 saturated heterocycles. The van der Waals surface area contributed by atoms with Crippen LogP contribution in [-0.4, -0.2) is 46.3 Å². The maximum Gasteiger partial charge on any atom is 0.179 e. The van der Waals surface area contributed by atoms with Crippen LogP contribution in [0.2, 0.25) is 5.02 Å². The smallest absolute Gasteiger partial charge is 0.179 e. The summed E-state index contributed by atoms with van der Waals surface area (Å²) in [6.45, 7) is 6.98. The van der Waals surface area contributed by atoms with E-state index < -0.39 is 0 Å². The van der Waals surface area contributed by atoms with E-state index in [0.717, 1.165) is 46.9 Å². The quantitative estimate of drug-likeness (QED) is 0.716. The van der Waals surface area contributed by atoms with Crippen molar-refractivity contribution in [2.24, 2.45) is 0 Å². The molecule has 0 radical (unpaired) electrons. The van der Waals surface area contributed by atoms with E-state index in [2.05, 4.69) is 15.1 Å². The highest BCUT2D eigenvalue weighted by Gasteiger charge is 2.22. The normalized spacial score (nSPS) is 15.2. The molecule has 124 valence electrons. The summed E-state index contributed by atoms with van der Waals surface area (Å²) in [7, 11) is 0. The van der Waals surface area contributed by atoms with Gasteiger partial charge in [-0.25, -0.2) is 4.68 Å². The predicted octanol–water partition coefficient (Wildman–Crippen LogP) is 2.92. The number of para-hydroxylation sites is 1. The lowest BCUT2D eigenvalue weighted by molar-refractivity contribution is 0.122. The Bertz CT molecular complexity index is 901. The van der Waals surface area contributed by atoms with Crippen LogP contribution < -0.4 is 4.90 Å². The van der Waals surface area contributed by atoms with Gasteiger partial charge >= 0.3 is 0 Å². The Labute approximate surface area is 145 Å². The Morgan fingerprint density at radius 3 is 2.58 bits per heavy atom. The number of fused-ring (bicyclic) bond motifs is 1. The topological polar surface area (TPSA) is 56.1 Å². The van der Waals surface area contributed by atoms with E-state index in [0.29, 0.717) is 18.2 Å². The van der Waals surface area contributed by atoms with Gasteiger partial charge in [0.15, 0.2) is 5.82 Å². The summed E-state index contributed by atoms with van der Waals surface area (Å²) in [6.07, 6.45) is 0. The maximum absolute atomic E-state index is 6.37. The molecule has 0 unspecified atom stereocenters. The summed E-state index contributed by atoms with van der Waals surface area (Å²) in [5.41, 5.74) is 3.61. The summed E-state index contributed by atoms with van der Waals surface area (Å²) < 4.78 is 7.32. The number of aryl methyl sites for hydroxylation is 2. The number of ether oxygens (including phenoxy) is 1. The van der Waals surface area contributed by atoms with Gasteiger partial charge in [0.25, 0.3) is 0 Å². The van der Waals surface area contributed by atoms with Crippen molar-refractivity contribution in [3.05, 3.63) is 40.7 Å². The first kappa shape index (κ1) is 15.4. The summed E-state index contributed by atoms with van der Waals surface area (Å²) in [5.74, 6) is 0.813. The van der Waals surface area contributed by atoms with Crippen molar-refractivity contribution in [2.45, 2.75) is 13.8 Å². The molecule has 1 aliphatic heterocycles. The zero-order valence-electron chi connectivity index (χ0n) is 13.7. The Morgan fingerprint density at radius 2 is 1.83 bits per heavy atom. The molecule has 1 aliphatic rings. The fourth-order valence-corrected chi connectivity index (χ4v) is 3.37. The number of hydrogen-bond donors (Lipinski definition) is 0. The van der Waals surface area contributed by atoms with E-state index in [1.165, 1.54) is 0 Å². The molecule has 1 aromatic carbocycles. The summed E-state index contributed by atoms with van der Waals surface area (Å²) in [6, 6.07) is 7.71. The first-order valence-corrected chi connectivity index (χ1v) is 8.35. The van der Waals surface area contributed by atoms with Crippen LogP contribution in [0.1, 0.15) is 11.4 Å². The van der Waals surface area contributed by atoms with Crippen LogP contribution in [0.3, 0.4) is 0 Å². The SMILES string of the molecule is Cc1nnc(N2CCOCC2)c2nn(-c3ccccc3Cl)c(C)c12. The van der Waals surface area contributed by atoms with Crippen molar-refractivity contribution >= 4 is 28.3 Å². The minimum Gasteiger partial charge on any atom is -0.378 e. The van der Waals surface area contributed by atoms with Gasteiger partial charge in [-0.05, 0) is 26.0 Å². The largest absolute Gasteiger partial charge is 0.378 e. The number of morpholine rings is 1. The van der Waals surface area contributed by atoms with Gasteiger partial charge in [-0.2, -0.15) is 10.2 Å². The Hall–Kier alpha value is -2.18. The number of halogens is 1. The third kappa shape index (κ3) is 2.42. The van der Waals surface area contributed by atoms with E-state index >= 15 is 0 Å². The second-order valence-corrected chi connectivity index (χ2v) is 6.29. The number of benzene rings is 1. The fraction of sp³-hybridized carbons (Fsp3) is 0.353. The maximum atomic E-state index is 6.37. The van der Waals surface area contributed by atoms with Crippen molar-refractivity contribution in [2.75, 3.05) is 31.2 Å². The first-order valence-electron chi connectivity index (χ1n) is 7.97. The van der Waals surface area contributed by atoms with Crippen LogP contribution >= 0.6 is 11.6 Å². The lowest BCUT2D eigenvalue weighted by Gasteiger charge is -2.27. The standard InChI is InChI=1S/C17H18ClN5O/c1-11-15-12(2)23(14-6-4-3-5-13(14)18)21-16(15)17(20-19-11)22-7-9-24-10-8-22/h3-6H,7-10H2,1-2H3. The lowest BCUT2D eigenvalue weighted by Crippen LogP contribution is -2.37. The van der Waals surface area contributed by atoms with Crippen LogP contribution in [0.4, 0.5) is 5.82 Å². The molecule has 0 amide bonds. The average molecular weight is 344 g/mol. The molecule has 0 atom stereocenters. The zero-order valence-corrected chi connectivity index (χ0v) is 14.4. The molecule has 1 fully saturated rings. The molecule has 2 aromatic heterocycles. The van der Waals surface area contributed by atoms with Gasteiger partial charge in [-0.15, -0.1) is 5.10 Å². The lowest BCUT2D eigenvalue weighted by atomic mass is 10.2. The molecule has 24 heavy (non-hydrogen) atoms. The van der Waals surface area contributed by atoms with Crippen LogP contribution in [0.25, 0.3) is 16.6 Å². The van der Waals surface area contributed by atoms with Crippen molar-refractivity contribution in [1.82, 2.24) is 20.0 Å². The Balaban J connectivity index is 1.94. The Morgan fingerprint density at radius 1 is 1.08 bits per heavy atom. The summed E-state index contributed by atoms with van der Waals surface area (Å²) >= 11 is 6.37. The zero-order chi connectivity index (χ0) is 16.7. The molecular weight excluding hydrogens is 326 g/mol. The molecule has 7 heteroatoms. The molecule has 6 nitrogen and oxygen atoms in total. The molecule has 3 heterocycles. The molecule has 0 spiro atoms. The van der Waals surface area contributed by atoms with Gasteiger partial charge < -0.3 is 9.64 Å². The predicted molar refractivity (Wildman–Crippen MR) is 94.2 cm³/mol. The number of anilines is 1. The van der Waals surface area contributed by atoms with E-state index in [1.807, 2.05) is 42.8 Å². The third-order valence-corrected chi connectivity index (χ3v) is 4.70. The van der Waals surface area contributed by atoms with Crippen molar-refractivity contribution in [1.29, 1.82) is 0 Å². The highest BCUT2D eigenvalue weighted by molar-refractivity contribution is 6.32. The van der Waals surface area contributed by atoms with Gasteiger partial charge in [0.2, 0.25) is 0 Å². The second kappa shape index (κ2) is 6.03. The van der Waals surface area contributed by atoms with E-state index in [9.17, 15) is 0 Å². The molecule has 0 saturated carbocycles. The van der Waals surface area contributed by atoms with Crippen LogP contribution in [-0.2, 0) is 4.74 Å². The van der Waals surface area contributed by atoms with Crippen molar-refractivity contribution in [3.63, 3.8) is 0 Å². The molecular formula is C17H18ClN5O. The fourth-order valence-electron chi connectivity index (χ4n) is 3.16.